The zero-order valence-electron chi connectivity index (χ0n) is 13.0. The molecular weight excluding hydrogens is 355 g/mol. The SMILES string of the molecule is COC(=O)c1c[nH]c(=O)c(C(CC(N)=O)c2c(F)cccc2Cl)c1O. The van der Waals surface area contributed by atoms with Crippen molar-refractivity contribution in [3.8, 4) is 5.75 Å². The van der Waals surface area contributed by atoms with E-state index < -0.39 is 46.9 Å². The number of benzene rings is 1. The standard InChI is InChI=1S/C16H14ClFN2O5/c1-25-16(24)8-6-20-15(23)13(14(8)22)7(5-11(19)21)12-9(17)3-2-4-10(12)18/h2-4,6-7H,5H2,1H3,(H2,19,21)(H2,20,22,23). The van der Waals surface area contributed by atoms with Crippen LogP contribution in [0.3, 0.4) is 0 Å². The molecular formula is C16H14ClFN2O5. The number of esters is 1. The van der Waals surface area contributed by atoms with Gasteiger partial charge in [-0.1, -0.05) is 17.7 Å². The Kier molecular flexibility index (Phi) is 5.43. The van der Waals surface area contributed by atoms with Crippen LogP contribution in [0.2, 0.25) is 5.02 Å². The quantitative estimate of drug-likeness (QED) is 0.693. The first-order chi connectivity index (χ1) is 11.8. The average Bonchev–Trinajstić information content (AvgIpc) is 2.53. The smallest absolute Gasteiger partial charge is 0.343 e. The number of hydrogen-bond acceptors (Lipinski definition) is 5. The van der Waals surface area contributed by atoms with Gasteiger partial charge in [-0.25, -0.2) is 9.18 Å². The van der Waals surface area contributed by atoms with Gasteiger partial charge < -0.3 is 20.6 Å². The Balaban J connectivity index is 2.78. The van der Waals surface area contributed by atoms with Gasteiger partial charge in [0.05, 0.1) is 12.7 Å². The number of H-pyrrole nitrogens is 1. The van der Waals surface area contributed by atoms with E-state index in [4.69, 9.17) is 17.3 Å². The number of amides is 1. The van der Waals surface area contributed by atoms with E-state index in [0.717, 1.165) is 19.4 Å². The van der Waals surface area contributed by atoms with Crippen LogP contribution >= 0.6 is 11.6 Å². The highest BCUT2D eigenvalue weighted by atomic mass is 35.5. The largest absolute Gasteiger partial charge is 0.506 e. The molecule has 0 saturated heterocycles. The Morgan fingerprint density at radius 1 is 1.40 bits per heavy atom. The molecule has 25 heavy (non-hydrogen) atoms. The van der Waals surface area contributed by atoms with Crippen molar-refractivity contribution >= 4 is 23.5 Å². The highest BCUT2D eigenvalue weighted by Gasteiger charge is 2.30. The van der Waals surface area contributed by atoms with Gasteiger partial charge in [0.15, 0.2) is 0 Å². The minimum absolute atomic E-state index is 0.0616. The summed E-state index contributed by atoms with van der Waals surface area (Å²) in [5.41, 5.74) is 3.43. The molecule has 1 atom stereocenters. The lowest BCUT2D eigenvalue weighted by Gasteiger charge is -2.19. The summed E-state index contributed by atoms with van der Waals surface area (Å²) in [7, 11) is 1.08. The minimum Gasteiger partial charge on any atom is -0.506 e. The van der Waals surface area contributed by atoms with Crippen LogP contribution in [0.1, 0.15) is 33.8 Å². The second-order valence-electron chi connectivity index (χ2n) is 5.14. The van der Waals surface area contributed by atoms with E-state index in [-0.39, 0.29) is 16.1 Å². The molecule has 2 rings (SSSR count). The number of aromatic amines is 1. The van der Waals surface area contributed by atoms with Gasteiger partial charge in [0.1, 0.15) is 17.1 Å². The van der Waals surface area contributed by atoms with Crippen molar-refractivity contribution in [1.29, 1.82) is 0 Å². The van der Waals surface area contributed by atoms with E-state index in [1.54, 1.807) is 0 Å². The number of carbonyl (C=O) groups excluding carboxylic acids is 2. The predicted octanol–water partition coefficient (Wildman–Crippen LogP) is 1.67. The molecule has 0 radical (unpaired) electrons. The number of ether oxygens (including phenoxy) is 1. The summed E-state index contributed by atoms with van der Waals surface area (Å²) >= 11 is 6.01. The first-order valence-electron chi connectivity index (χ1n) is 7.03. The molecule has 4 N–H and O–H groups in total. The van der Waals surface area contributed by atoms with E-state index in [1.807, 2.05) is 0 Å². The van der Waals surface area contributed by atoms with Crippen LogP contribution < -0.4 is 11.3 Å². The third kappa shape index (κ3) is 3.63. The Morgan fingerprint density at radius 2 is 2.08 bits per heavy atom. The summed E-state index contributed by atoms with van der Waals surface area (Å²) in [4.78, 5) is 37.7. The maximum Gasteiger partial charge on any atom is 0.343 e. The molecule has 0 saturated carbocycles. The molecule has 1 aromatic carbocycles. The predicted molar refractivity (Wildman–Crippen MR) is 87.1 cm³/mol. The molecule has 1 heterocycles. The van der Waals surface area contributed by atoms with Crippen molar-refractivity contribution in [2.24, 2.45) is 5.73 Å². The van der Waals surface area contributed by atoms with Gasteiger partial charge in [0.2, 0.25) is 5.91 Å². The van der Waals surface area contributed by atoms with Crippen LogP contribution in [0.25, 0.3) is 0 Å². The fraction of sp³-hybridized carbons (Fsp3) is 0.188. The second kappa shape index (κ2) is 7.35. The van der Waals surface area contributed by atoms with Crippen molar-refractivity contribution in [2.75, 3.05) is 7.11 Å². The summed E-state index contributed by atoms with van der Waals surface area (Å²) in [5, 5.41) is 10.3. The number of hydrogen-bond donors (Lipinski definition) is 3. The number of primary amides is 1. The third-order valence-corrected chi connectivity index (χ3v) is 3.94. The fourth-order valence-electron chi connectivity index (χ4n) is 2.52. The molecule has 1 aromatic heterocycles. The zero-order valence-corrected chi connectivity index (χ0v) is 13.8. The van der Waals surface area contributed by atoms with Crippen LogP contribution in [-0.2, 0) is 9.53 Å². The lowest BCUT2D eigenvalue weighted by molar-refractivity contribution is -0.118. The van der Waals surface area contributed by atoms with Gasteiger partial charge in [-0.05, 0) is 12.1 Å². The number of halogens is 2. The molecule has 0 aliphatic carbocycles. The summed E-state index contributed by atoms with van der Waals surface area (Å²) < 4.78 is 18.8. The van der Waals surface area contributed by atoms with Gasteiger partial charge in [-0.3, -0.25) is 9.59 Å². The maximum absolute atomic E-state index is 14.3. The molecule has 0 aliphatic heterocycles. The third-order valence-electron chi connectivity index (χ3n) is 3.61. The summed E-state index contributed by atoms with van der Waals surface area (Å²) in [6.45, 7) is 0. The normalized spacial score (nSPS) is 11.8. The molecule has 132 valence electrons. The average molecular weight is 369 g/mol. The van der Waals surface area contributed by atoms with Crippen molar-refractivity contribution in [1.82, 2.24) is 4.98 Å². The minimum atomic E-state index is -1.29. The fourth-order valence-corrected chi connectivity index (χ4v) is 2.81. The van der Waals surface area contributed by atoms with Crippen LogP contribution in [0.4, 0.5) is 4.39 Å². The number of nitrogens with two attached hydrogens (primary N) is 1. The number of nitrogens with one attached hydrogen (secondary N) is 1. The molecule has 0 spiro atoms. The van der Waals surface area contributed by atoms with Gasteiger partial charge in [-0.15, -0.1) is 0 Å². The molecule has 0 fully saturated rings. The van der Waals surface area contributed by atoms with Crippen LogP contribution in [0, 0.1) is 5.82 Å². The Labute approximate surface area is 146 Å². The van der Waals surface area contributed by atoms with Crippen molar-refractivity contribution < 1.29 is 23.8 Å². The first kappa shape index (κ1) is 18.5. The highest BCUT2D eigenvalue weighted by molar-refractivity contribution is 6.31. The van der Waals surface area contributed by atoms with E-state index in [1.165, 1.54) is 12.1 Å². The zero-order chi connectivity index (χ0) is 18.7. The van der Waals surface area contributed by atoms with Gasteiger partial charge in [0, 0.05) is 29.1 Å². The Hall–Kier alpha value is -2.87. The van der Waals surface area contributed by atoms with Crippen LogP contribution in [-0.4, -0.2) is 29.1 Å². The summed E-state index contributed by atoms with van der Waals surface area (Å²) in [5.74, 6) is -4.60. The Morgan fingerprint density at radius 3 is 2.64 bits per heavy atom. The van der Waals surface area contributed by atoms with E-state index in [9.17, 15) is 23.9 Å². The van der Waals surface area contributed by atoms with Gasteiger partial charge in [0.25, 0.3) is 5.56 Å². The number of aromatic nitrogens is 1. The van der Waals surface area contributed by atoms with Crippen LogP contribution in [0.5, 0.6) is 5.75 Å². The Bertz CT molecular complexity index is 876. The maximum atomic E-state index is 14.3. The number of pyridine rings is 1. The van der Waals surface area contributed by atoms with E-state index in [0.29, 0.717) is 0 Å². The van der Waals surface area contributed by atoms with E-state index in [2.05, 4.69) is 9.72 Å². The van der Waals surface area contributed by atoms with Gasteiger partial charge >= 0.3 is 5.97 Å². The van der Waals surface area contributed by atoms with Crippen molar-refractivity contribution in [3.63, 3.8) is 0 Å². The highest BCUT2D eigenvalue weighted by Crippen LogP contribution is 2.37. The number of carbonyl (C=O) groups is 2. The molecule has 7 nitrogen and oxygen atoms in total. The van der Waals surface area contributed by atoms with E-state index >= 15 is 0 Å². The molecule has 0 aliphatic rings. The molecule has 2 aromatic rings. The summed E-state index contributed by atoms with van der Waals surface area (Å²) in [6.07, 6.45) is 0.444. The number of aromatic hydroxyl groups is 1. The molecule has 1 unspecified atom stereocenters. The van der Waals surface area contributed by atoms with Crippen LogP contribution in [0.15, 0.2) is 29.2 Å². The first-order valence-corrected chi connectivity index (χ1v) is 7.40. The monoisotopic (exact) mass is 368 g/mol. The second-order valence-corrected chi connectivity index (χ2v) is 5.55. The lowest BCUT2D eigenvalue weighted by atomic mass is 9.87. The summed E-state index contributed by atoms with van der Waals surface area (Å²) in [6, 6.07) is 3.80. The molecule has 9 heteroatoms. The van der Waals surface area contributed by atoms with Crippen molar-refractivity contribution in [2.45, 2.75) is 12.3 Å². The van der Waals surface area contributed by atoms with Crippen molar-refractivity contribution in [3.05, 3.63) is 62.3 Å². The lowest BCUT2D eigenvalue weighted by Crippen LogP contribution is -2.24. The number of rotatable bonds is 5. The molecule has 0 bridgehead atoms. The number of methoxy groups -OCH3 is 1. The topological polar surface area (TPSA) is 122 Å². The molecule has 1 amide bonds. The van der Waals surface area contributed by atoms with Gasteiger partial charge in [-0.2, -0.15) is 0 Å².